The highest BCUT2D eigenvalue weighted by atomic mass is 79.9. The van der Waals surface area contributed by atoms with Crippen molar-refractivity contribution in [2.75, 3.05) is 24.5 Å². The number of halogens is 1. The summed E-state index contributed by atoms with van der Waals surface area (Å²) in [6.45, 7) is 7.74. The third kappa shape index (κ3) is 2.69. The zero-order chi connectivity index (χ0) is 14.1. The van der Waals surface area contributed by atoms with Crippen molar-refractivity contribution < 1.29 is 0 Å². The van der Waals surface area contributed by atoms with Gasteiger partial charge < -0.3 is 15.2 Å². The number of H-pyrrole nitrogens is 1. The van der Waals surface area contributed by atoms with Crippen LogP contribution in [0.5, 0.6) is 0 Å². The highest BCUT2D eigenvalue weighted by molar-refractivity contribution is 9.10. The van der Waals surface area contributed by atoms with E-state index in [0.717, 1.165) is 35.7 Å². The minimum atomic E-state index is 0.563. The van der Waals surface area contributed by atoms with Gasteiger partial charge in [0.05, 0.1) is 10.2 Å². The Hall–Kier alpha value is -1.07. The van der Waals surface area contributed by atoms with Crippen LogP contribution in [0.2, 0.25) is 0 Å². The van der Waals surface area contributed by atoms with Crippen LogP contribution in [0.4, 0.5) is 5.69 Å². The highest BCUT2D eigenvalue weighted by Crippen LogP contribution is 2.35. The molecule has 3 heterocycles. The van der Waals surface area contributed by atoms with Gasteiger partial charge in [0, 0.05) is 36.9 Å². The lowest BCUT2D eigenvalue weighted by molar-refractivity contribution is 0.480. The van der Waals surface area contributed by atoms with Crippen LogP contribution in [0, 0.1) is 5.92 Å². The van der Waals surface area contributed by atoms with Gasteiger partial charge in [-0.2, -0.15) is 0 Å². The van der Waals surface area contributed by atoms with Crippen LogP contribution in [-0.2, 0) is 0 Å². The molecule has 1 saturated heterocycles. The molecular weight excluding hydrogens is 316 g/mol. The molecule has 1 atom stereocenters. The number of fused-ring (bicyclic) bond motifs is 1. The van der Waals surface area contributed by atoms with Gasteiger partial charge in [-0.1, -0.05) is 13.8 Å². The molecule has 1 aliphatic heterocycles. The minimum absolute atomic E-state index is 0.563. The second kappa shape index (κ2) is 5.74. The zero-order valence-corrected chi connectivity index (χ0v) is 13.6. The van der Waals surface area contributed by atoms with E-state index in [4.69, 9.17) is 0 Å². The van der Waals surface area contributed by atoms with Crippen molar-refractivity contribution in [1.29, 1.82) is 0 Å². The van der Waals surface area contributed by atoms with Gasteiger partial charge in [0.1, 0.15) is 5.65 Å². The fraction of sp³-hybridized carbons (Fsp3) is 0.533. The normalized spacial score (nSPS) is 19.4. The average molecular weight is 337 g/mol. The predicted molar refractivity (Wildman–Crippen MR) is 87.3 cm³/mol. The zero-order valence-electron chi connectivity index (χ0n) is 12.0. The van der Waals surface area contributed by atoms with Gasteiger partial charge in [-0.25, -0.2) is 4.98 Å². The molecule has 0 aliphatic carbocycles. The summed E-state index contributed by atoms with van der Waals surface area (Å²) in [5.41, 5.74) is 2.25. The summed E-state index contributed by atoms with van der Waals surface area (Å²) in [7, 11) is 0. The van der Waals surface area contributed by atoms with Crippen LogP contribution in [0.15, 0.2) is 22.9 Å². The predicted octanol–water partition coefficient (Wildman–Crippen LogP) is 3.15. The van der Waals surface area contributed by atoms with Crippen molar-refractivity contribution in [1.82, 2.24) is 15.3 Å². The molecule has 0 radical (unpaired) electrons. The standard InChI is InChI=1S/C15H21BrN4/c1-10(2)18-7-11-4-6-20(9-11)14-12-3-5-17-15(12)19-8-13(14)16/h3,5,8,10-11,18H,4,6-7,9H2,1-2H3,(H,17,19). The van der Waals surface area contributed by atoms with Crippen LogP contribution in [-0.4, -0.2) is 35.6 Å². The number of aromatic amines is 1. The molecule has 2 aromatic heterocycles. The van der Waals surface area contributed by atoms with Crippen molar-refractivity contribution in [3.8, 4) is 0 Å². The monoisotopic (exact) mass is 336 g/mol. The number of aromatic nitrogens is 2. The lowest BCUT2D eigenvalue weighted by atomic mass is 10.1. The number of hydrogen-bond acceptors (Lipinski definition) is 3. The molecule has 1 aliphatic rings. The van der Waals surface area contributed by atoms with Gasteiger partial charge in [0.25, 0.3) is 0 Å². The van der Waals surface area contributed by atoms with Crippen molar-refractivity contribution in [2.24, 2.45) is 5.92 Å². The van der Waals surface area contributed by atoms with E-state index in [2.05, 4.69) is 56.0 Å². The summed E-state index contributed by atoms with van der Waals surface area (Å²) in [6, 6.07) is 2.68. The SMILES string of the molecule is CC(C)NCC1CCN(c2c(Br)cnc3[nH]ccc23)C1. The molecule has 0 saturated carbocycles. The maximum absolute atomic E-state index is 4.41. The quantitative estimate of drug-likeness (QED) is 0.901. The van der Waals surface area contributed by atoms with Gasteiger partial charge in [0.15, 0.2) is 0 Å². The first-order valence-corrected chi connectivity index (χ1v) is 8.04. The molecule has 0 bridgehead atoms. The molecule has 3 rings (SSSR count). The smallest absolute Gasteiger partial charge is 0.139 e. The molecule has 2 aromatic rings. The van der Waals surface area contributed by atoms with E-state index in [1.807, 2.05) is 12.4 Å². The molecule has 20 heavy (non-hydrogen) atoms. The molecule has 2 N–H and O–H groups in total. The minimum Gasteiger partial charge on any atom is -0.370 e. The Kier molecular flexibility index (Phi) is 3.98. The Morgan fingerprint density at radius 1 is 1.55 bits per heavy atom. The van der Waals surface area contributed by atoms with E-state index in [9.17, 15) is 0 Å². The van der Waals surface area contributed by atoms with Crippen molar-refractivity contribution in [2.45, 2.75) is 26.3 Å². The maximum atomic E-state index is 4.41. The fourth-order valence-electron chi connectivity index (χ4n) is 2.90. The molecule has 108 valence electrons. The summed E-state index contributed by atoms with van der Waals surface area (Å²) >= 11 is 3.66. The Bertz CT molecular complexity index is 593. The molecule has 0 aromatic carbocycles. The van der Waals surface area contributed by atoms with E-state index in [1.165, 1.54) is 17.5 Å². The van der Waals surface area contributed by atoms with Crippen LogP contribution < -0.4 is 10.2 Å². The molecule has 1 unspecified atom stereocenters. The number of hydrogen-bond donors (Lipinski definition) is 2. The van der Waals surface area contributed by atoms with Crippen LogP contribution in [0.3, 0.4) is 0 Å². The lowest BCUT2D eigenvalue weighted by Gasteiger charge is -2.21. The average Bonchev–Trinajstić information content (AvgIpc) is 3.04. The third-order valence-electron chi connectivity index (χ3n) is 3.93. The number of anilines is 1. The third-order valence-corrected chi connectivity index (χ3v) is 4.51. The van der Waals surface area contributed by atoms with Gasteiger partial charge >= 0.3 is 0 Å². The number of rotatable bonds is 4. The molecular formula is C15H21BrN4. The van der Waals surface area contributed by atoms with E-state index in [-0.39, 0.29) is 0 Å². The van der Waals surface area contributed by atoms with E-state index >= 15 is 0 Å². The van der Waals surface area contributed by atoms with Crippen molar-refractivity contribution in [3.05, 3.63) is 22.9 Å². The van der Waals surface area contributed by atoms with E-state index < -0.39 is 0 Å². The lowest BCUT2D eigenvalue weighted by Crippen LogP contribution is -2.30. The van der Waals surface area contributed by atoms with Gasteiger partial charge in [-0.05, 0) is 40.9 Å². The Labute approximate surface area is 128 Å². The highest BCUT2D eigenvalue weighted by Gasteiger charge is 2.25. The van der Waals surface area contributed by atoms with E-state index in [0.29, 0.717) is 6.04 Å². The van der Waals surface area contributed by atoms with Crippen LogP contribution in [0.25, 0.3) is 11.0 Å². The molecule has 1 fully saturated rings. The van der Waals surface area contributed by atoms with Crippen LogP contribution in [0.1, 0.15) is 20.3 Å². The van der Waals surface area contributed by atoms with Crippen LogP contribution >= 0.6 is 15.9 Å². The first kappa shape index (κ1) is 13.9. The molecule has 0 amide bonds. The number of nitrogens with one attached hydrogen (secondary N) is 2. The first-order valence-electron chi connectivity index (χ1n) is 7.25. The Balaban J connectivity index is 1.79. The van der Waals surface area contributed by atoms with E-state index in [1.54, 1.807) is 0 Å². The molecule has 5 heteroatoms. The van der Waals surface area contributed by atoms with Crippen molar-refractivity contribution in [3.63, 3.8) is 0 Å². The Morgan fingerprint density at radius 2 is 2.40 bits per heavy atom. The first-order chi connectivity index (χ1) is 9.65. The van der Waals surface area contributed by atoms with Crippen molar-refractivity contribution >= 4 is 32.7 Å². The molecule has 0 spiro atoms. The summed E-state index contributed by atoms with van der Waals surface area (Å²) in [6.07, 6.45) is 5.11. The summed E-state index contributed by atoms with van der Waals surface area (Å²) in [5.74, 6) is 0.728. The second-order valence-corrected chi connectivity index (χ2v) is 6.71. The number of nitrogens with zero attached hydrogens (tertiary/aromatic N) is 2. The summed E-state index contributed by atoms with van der Waals surface area (Å²) < 4.78 is 1.09. The molecule has 4 nitrogen and oxygen atoms in total. The number of pyridine rings is 1. The summed E-state index contributed by atoms with van der Waals surface area (Å²) in [4.78, 5) is 10.1. The Morgan fingerprint density at radius 3 is 3.20 bits per heavy atom. The second-order valence-electron chi connectivity index (χ2n) is 5.86. The maximum Gasteiger partial charge on any atom is 0.139 e. The summed E-state index contributed by atoms with van der Waals surface area (Å²) in [5, 5.41) is 4.75. The largest absolute Gasteiger partial charge is 0.370 e. The topological polar surface area (TPSA) is 44.0 Å². The van der Waals surface area contributed by atoms with Gasteiger partial charge in [0.2, 0.25) is 0 Å². The fourth-order valence-corrected chi connectivity index (χ4v) is 3.46. The van der Waals surface area contributed by atoms with Gasteiger partial charge in [-0.15, -0.1) is 0 Å². The van der Waals surface area contributed by atoms with Gasteiger partial charge in [-0.3, -0.25) is 0 Å².